The monoisotopic (exact) mass is 383 g/mol. The van der Waals surface area contributed by atoms with Crippen LogP contribution in [-0.2, 0) is 9.53 Å². The second kappa shape index (κ2) is 8.12. The summed E-state index contributed by atoms with van der Waals surface area (Å²) in [7, 11) is 0. The van der Waals surface area contributed by atoms with Crippen molar-refractivity contribution >= 4 is 11.9 Å². The number of esters is 2. The minimum atomic E-state index is -0.660. The van der Waals surface area contributed by atoms with Gasteiger partial charge in [0.15, 0.2) is 5.75 Å². The molecule has 0 amide bonds. The number of nitrogens with one attached hydrogen (secondary N) is 1. The van der Waals surface area contributed by atoms with Gasteiger partial charge in [0.2, 0.25) is 0 Å². The van der Waals surface area contributed by atoms with Gasteiger partial charge < -0.3 is 19.2 Å². The Balaban J connectivity index is 2.00. The minimum absolute atomic E-state index is 0.00563. The van der Waals surface area contributed by atoms with Crippen molar-refractivity contribution in [2.45, 2.75) is 26.2 Å². The Bertz CT molecular complexity index is 973. The van der Waals surface area contributed by atoms with Crippen molar-refractivity contribution in [1.29, 1.82) is 0 Å². The van der Waals surface area contributed by atoms with E-state index in [0.29, 0.717) is 12.4 Å². The van der Waals surface area contributed by atoms with Gasteiger partial charge in [-0.3, -0.25) is 9.59 Å². The summed E-state index contributed by atoms with van der Waals surface area (Å²) in [6, 6.07) is 7.11. The van der Waals surface area contributed by atoms with Gasteiger partial charge in [0.1, 0.15) is 17.9 Å². The molecule has 7 heteroatoms. The molecule has 2 aromatic rings. The minimum Gasteiger partial charge on any atom is -0.489 e. The van der Waals surface area contributed by atoms with E-state index in [1.807, 2.05) is 6.92 Å². The number of benzene rings is 1. The highest BCUT2D eigenvalue weighted by Gasteiger charge is 2.34. The summed E-state index contributed by atoms with van der Waals surface area (Å²) >= 11 is 0. The Labute approximate surface area is 161 Å². The predicted octanol–water partition coefficient (Wildman–Crippen LogP) is 2.95. The Kier molecular flexibility index (Phi) is 5.63. The number of H-pyrrole nitrogens is 1. The molecule has 146 valence electrons. The molecule has 1 aromatic heterocycles. The van der Waals surface area contributed by atoms with Gasteiger partial charge >= 0.3 is 11.9 Å². The number of carbonyl (C=O) groups is 2. The number of hydrogen-bond donors (Lipinski definition) is 1. The molecular formula is C21H21NO6. The standard InChI is InChI=1S/C21H21NO6/c1-4-26-21(25)16-10-22-20(24)18-15(9-17(23)28-19(16)18)13-5-7-14(8-6-13)27-11-12(2)3/h5-8,10,15H,2,4,9,11H2,1,3H3,(H,22,24). The Morgan fingerprint density at radius 3 is 2.64 bits per heavy atom. The van der Waals surface area contributed by atoms with Crippen molar-refractivity contribution in [2.75, 3.05) is 13.2 Å². The van der Waals surface area contributed by atoms with Gasteiger partial charge in [-0.2, -0.15) is 0 Å². The molecule has 1 unspecified atom stereocenters. The number of aromatic nitrogens is 1. The number of ether oxygens (including phenoxy) is 3. The van der Waals surface area contributed by atoms with Gasteiger partial charge in [-0.1, -0.05) is 18.7 Å². The molecular weight excluding hydrogens is 362 g/mol. The van der Waals surface area contributed by atoms with E-state index in [0.717, 1.165) is 11.1 Å². The normalized spacial score (nSPS) is 15.4. The lowest BCUT2D eigenvalue weighted by atomic mass is 9.86. The zero-order valence-corrected chi connectivity index (χ0v) is 15.7. The molecule has 1 aliphatic rings. The van der Waals surface area contributed by atoms with Crippen LogP contribution in [0.4, 0.5) is 0 Å². The van der Waals surface area contributed by atoms with E-state index < -0.39 is 23.4 Å². The quantitative estimate of drug-likeness (QED) is 0.609. The molecule has 0 aliphatic carbocycles. The van der Waals surface area contributed by atoms with E-state index >= 15 is 0 Å². The molecule has 3 rings (SSSR count). The highest BCUT2D eigenvalue weighted by Crippen LogP contribution is 2.38. The number of hydrogen-bond acceptors (Lipinski definition) is 6. The molecule has 0 bridgehead atoms. The lowest BCUT2D eigenvalue weighted by molar-refractivity contribution is -0.135. The number of aromatic amines is 1. The molecule has 0 fully saturated rings. The molecule has 0 radical (unpaired) electrons. The molecule has 1 N–H and O–H groups in total. The van der Waals surface area contributed by atoms with Gasteiger partial charge in [-0.15, -0.1) is 0 Å². The van der Waals surface area contributed by atoms with Crippen LogP contribution in [0.15, 0.2) is 47.4 Å². The first-order valence-corrected chi connectivity index (χ1v) is 8.91. The summed E-state index contributed by atoms with van der Waals surface area (Å²) in [5, 5.41) is 0. The SMILES string of the molecule is C=C(C)COc1ccc(C2CC(=O)Oc3c(C(=O)OCC)c[nH]c(=O)c32)cc1. The van der Waals surface area contributed by atoms with E-state index in [-0.39, 0.29) is 29.9 Å². The summed E-state index contributed by atoms with van der Waals surface area (Å²) in [6.45, 7) is 7.89. The van der Waals surface area contributed by atoms with Crippen LogP contribution < -0.4 is 15.0 Å². The van der Waals surface area contributed by atoms with E-state index in [9.17, 15) is 14.4 Å². The molecule has 1 aliphatic heterocycles. The van der Waals surface area contributed by atoms with Crippen LogP contribution in [0, 0.1) is 0 Å². The fourth-order valence-electron chi connectivity index (χ4n) is 3.03. The maximum atomic E-state index is 12.5. The van der Waals surface area contributed by atoms with Crippen molar-refractivity contribution in [1.82, 2.24) is 4.98 Å². The van der Waals surface area contributed by atoms with E-state index in [2.05, 4.69) is 11.6 Å². The molecule has 1 atom stereocenters. The van der Waals surface area contributed by atoms with Crippen LogP contribution in [0.3, 0.4) is 0 Å². The van der Waals surface area contributed by atoms with Crippen molar-refractivity contribution in [3.8, 4) is 11.5 Å². The largest absolute Gasteiger partial charge is 0.489 e. The first kappa shape index (κ1) is 19.4. The number of fused-ring (bicyclic) bond motifs is 1. The fraction of sp³-hybridized carbons (Fsp3) is 0.286. The Morgan fingerprint density at radius 1 is 1.29 bits per heavy atom. The van der Waals surface area contributed by atoms with Crippen molar-refractivity contribution in [3.05, 3.63) is 69.7 Å². The molecule has 0 spiro atoms. The molecule has 28 heavy (non-hydrogen) atoms. The first-order chi connectivity index (χ1) is 13.4. The summed E-state index contributed by atoms with van der Waals surface area (Å²) in [5.74, 6) is -1.10. The zero-order chi connectivity index (χ0) is 20.3. The van der Waals surface area contributed by atoms with Crippen molar-refractivity contribution in [2.24, 2.45) is 0 Å². The molecule has 1 aromatic carbocycles. The zero-order valence-electron chi connectivity index (χ0n) is 15.7. The summed E-state index contributed by atoms with van der Waals surface area (Å²) in [5.41, 5.74) is 1.48. The maximum Gasteiger partial charge on any atom is 0.343 e. The van der Waals surface area contributed by atoms with Crippen LogP contribution in [0.25, 0.3) is 0 Å². The molecule has 0 saturated carbocycles. The van der Waals surface area contributed by atoms with E-state index in [1.54, 1.807) is 31.2 Å². The van der Waals surface area contributed by atoms with Crippen LogP contribution >= 0.6 is 0 Å². The first-order valence-electron chi connectivity index (χ1n) is 8.91. The lowest BCUT2D eigenvalue weighted by Crippen LogP contribution is -2.30. The van der Waals surface area contributed by atoms with Gasteiger partial charge in [-0.05, 0) is 37.1 Å². The third-order valence-corrected chi connectivity index (χ3v) is 4.28. The third kappa shape index (κ3) is 3.98. The van der Waals surface area contributed by atoms with E-state index in [4.69, 9.17) is 14.2 Å². The smallest absolute Gasteiger partial charge is 0.343 e. The highest BCUT2D eigenvalue weighted by molar-refractivity contribution is 5.94. The third-order valence-electron chi connectivity index (χ3n) is 4.28. The second-order valence-electron chi connectivity index (χ2n) is 6.54. The van der Waals surface area contributed by atoms with Gasteiger partial charge in [-0.25, -0.2) is 4.79 Å². The fourth-order valence-corrected chi connectivity index (χ4v) is 3.03. The highest BCUT2D eigenvalue weighted by atomic mass is 16.5. The van der Waals surface area contributed by atoms with Crippen LogP contribution in [0.1, 0.15) is 47.7 Å². The number of pyridine rings is 1. The Morgan fingerprint density at radius 2 is 2.00 bits per heavy atom. The number of carbonyl (C=O) groups excluding carboxylic acids is 2. The second-order valence-corrected chi connectivity index (χ2v) is 6.54. The van der Waals surface area contributed by atoms with Crippen LogP contribution in [-0.4, -0.2) is 30.1 Å². The number of rotatable bonds is 6. The summed E-state index contributed by atoms with van der Waals surface area (Å²) in [6.07, 6.45) is 1.21. The van der Waals surface area contributed by atoms with Gasteiger partial charge in [0.25, 0.3) is 5.56 Å². The lowest BCUT2D eigenvalue weighted by Gasteiger charge is -2.25. The average Bonchev–Trinajstić information content (AvgIpc) is 2.66. The molecule has 0 saturated heterocycles. The maximum absolute atomic E-state index is 12.5. The molecule has 7 nitrogen and oxygen atoms in total. The van der Waals surface area contributed by atoms with Crippen molar-refractivity contribution < 1.29 is 23.8 Å². The van der Waals surface area contributed by atoms with E-state index in [1.165, 1.54) is 6.20 Å². The average molecular weight is 383 g/mol. The predicted molar refractivity (Wildman–Crippen MR) is 102 cm³/mol. The topological polar surface area (TPSA) is 94.7 Å². The Hall–Kier alpha value is -3.35. The summed E-state index contributed by atoms with van der Waals surface area (Å²) < 4.78 is 15.8. The van der Waals surface area contributed by atoms with Crippen LogP contribution in [0.2, 0.25) is 0 Å². The van der Waals surface area contributed by atoms with Gasteiger partial charge in [0.05, 0.1) is 18.6 Å². The van der Waals surface area contributed by atoms with Gasteiger partial charge in [0, 0.05) is 12.1 Å². The summed E-state index contributed by atoms with van der Waals surface area (Å²) in [4.78, 5) is 39.4. The molecule has 2 heterocycles. The van der Waals surface area contributed by atoms with Crippen LogP contribution in [0.5, 0.6) is 11.5 Å². The van der Waals surface area contributed by atoms with Crippen molar-refractivity contribution in [3.63, 3.8) is 0 Å².